The average Bonchev–Trinajstić information content (AvgIpc) is 3.06. The Morgan fingerprint density at radius 1 is 1.03 bits per heavy atom. The molecule has 0 bridgehead atoms. The standard InChI is InChI=1S/C25H26Cl2N2O4/c1-15-3-4-16(2)18(13-15)23(30)21-22(17-5-6-19(26)20(27)14-17)29(25(32)24(21)31)8-7-28-9-11-33-12-10-28/h3-6,13-14,22,30H,7-12H2,1-2H3/b23-21+. The van der Waals surface area contributed by atoms with Crippen LogP contribution in [0.5, 0.6) is 0 Å². The molecular weight excluding hydrogens is 463 g/mol. The normalized spacial score (nSPS) is 21.1. The molecule has 2 aliphatic heterocycles. The van der Waals surface area contributed by atoms with Gasteiger partial charge in [0.25, 0.3) is 11.7 Å². The van der Waals surface area contributed by atoms with E-state index < -0.39 is 17.7 Å². The lowest BCUT2D eigenvalue weighted by Gasteiger charge is -2.31. The molecule has 33 heavy (non-hydrogen) atoms. The topological polar surface area (TPSA) is 70.1 Å². The number of hydrogen-bond acceptors (Lipinski definition) is 5. The summed E-state index contributed by atoms with van der Waals surface area (Å²) in [5.74, 6) is -1.52. The molecule has 1 unspecified atom stereocenters. The van der Waals surface area contributed by atoms with Gasteiger partial charge < -0.3 is 14.7 Å². The van der Waals surface area contributed by atoms with Crippen LogP contribution in [0.15, 0.2) is 42.0 Å². The minimum absolute atomic E-state index is 0.0640. The van der Waals surface area contributed by atoms with Gasteiger partial charge in [-0.1, -0.05) is 47.0 Å². The third-order valence-corrected chi connectivity index (χ3v) is 6.95. The van der Waals surface area contributed by atoms with Crippen LogP contribution >= 0.6 is 23.2 Å². The number of nitrogens with zero attached hydrogens (tertiary/aromatic N) is 2. The molecule has 8 heteroatoms. The third-order valence-electron chi connectivity index (χ3n) is 6.21. The van der Waals surface area contributed by atoms with E-state index in [4.69, 9.17) is 27.9 Å². The van der Waals surface area contributed by atoms with Gasteiger partial charge in [-0.25, -0.2) is 0 Å². The van der Waals surface area contributed by atoms with Crippen LogP contribution in [0.25, 0.3) is 5.76 Å². The fourth-order valence-corrected chi connectivity index (χ4v) is 4.66. The van der Waals surface area contributed by atoms with Crippen LogP contribution < -0.4 is 0 Å². The number of halogens is 2. The second-order valence-electron chi connectivity index (χ2n) is 8.44. The number of likely N-dealkylation sites (tertiary alicyclic amines) is 1. The van der Waals surface area contributed by atoms with Crippen LogP contribution in [0.3, 0.4) is 0 Å². The van der Waals surface area contributed by atoms with Crippen molar-refractivity contribution in [1.29, 1.82) is 0 Å². The summed E-state index contributed by atoms with van der Waals surface area (Å²) in [6.07, 6.45) is 0. The number of hydrogen-bond donors (Lipinski definition) is 1. The van der Waals surface area contributed by atoms with Crippen molar-refractivity contribution >= 4 is 40.7 Å². The van der Waals surface area contributed by atoms with Gasteiger partial charge >= 0.3 is 0 Å². The molecule has 2 aromatic rings. The monoisotopic (exact) mass is 488 g/mol. The molecule has 6 nitrogen and oxygen atoms in total. The summed E-state index contributed by atoms with van der Waals surface area (Å²) >= 11 is 12.4. The van der Waals surface area contributed by atoms with Crippen molar-refractivity contribution in [3.63, 3.8) is 0 Å². The molecule has 4 rings (SSSR count). The van der Waals surface area contributed by atoms with Crippen molar-refractivity contribution in [1.82, 2.24) is 9.80 Å². The Labute approximate surface area is 203 Å². The number of rotatable bonds is 5. The Bertz CT molecular complexity index is 1130. The number of carbonyl (C=O) groups excluding carboxylic acids is 2. The highest BCUT2D eigenvalue weighted by Gasteiger charge is 2.46. The fraction of sp³-hybridized carbons (Fsp3) is 0.360. The molecule has 2 aromatic carbocycles. The summed E-state index contributed by atoms with van der Waals surface area (Å²) in [4.78, 5) is 30.1. The van der Waals surface area contributed by atoms with Crippen LogP contribution in [-0.4, -0.2) is 66.0 Å². The van der Waals surface area contributed by atoms with E-state index in [1.165, 1.54) is 4.90 Å². The second kappa shape index (κ2) is 9.85. The number of Topliss-reactive ketones (excluding diaryl/α,β-unsaturated/α-hetero) is 1. The van der Waals surface area contributed by atoms with Crippen LogP contribution in [0, 0.1) is 13.8 Å². The van der Waals surface area contributed by atoms with E-state index in [0.29, 0.717) is 47.5 Å². The first-order valence-corrected chi connectivity index (χ1v) is 11.6. The van der Waals surface area contributed by atoms with Gasteiger partial charge in [0.2, 0.25) is 0 Å². The molecule has 1 amide bonds. The Balaban J connectivity index is 1.79. The Morgan fingerprint density at radius 3 is 2.45 bits per heavy atom. The maximum atomic E-state index is 13.2. The highest BCUT2D eigenvalue weighted by atomic mass is 35.5. The van der Waals surface area contributed by atoms with Gasteiger partial charge in [0.15, 0.2) is 0 Å². The molecule has 0 radical (unpaired) electrons. The summed E-state index contributed by atoms with van der Waals surface area (Å²) < 4.78 is 5.40. The number of aliphatic hydroxyl groups is 1. The van der Waals surface area contributed by atoms with E-state index in [9.17, 15) is 14.7 Å². The lowest BCUT2D eigenvalue weighted by Crippen LogP contribution is -2.42. The molecular formula is C25H26Cl2N2O4. The van der Waals surface area contributed by atoms with Crippen LogP contribution in [0.2, 0.25) is 10.0 Å². The van der Waals surface area contributed by atoms with E-state index in [0.717, 1.165) is 24.2 Å². The highest BCUT2D eigenvalue weighted by Crippen LogP contribution is 2.41. The van der Waals surface area contributed by atoms with Gasteiger partial charge in [-0.05, 0) is 43.2 Å². The zero-order valence-corrected chi connectivity index (χ0v) is 20.1. The van der Waals surface area contributed by atoms with Crippen LogP contribution in [0.1, 0.15) is 28.3 Å². The van der Waals surface area contributed by atoms with Crippen molar-refractivity contribution in [3.05, 3.63) is 74.3 Å². The van der Waals surface area contributed by atoms with Crippen molar-refractivity contribution in [2.45, 2.75) is 19.9 Å². The largest absolute Gasteiger partial charge is 0.507 e. The predicted molar refractivity (Wildman–Crippen MR) is 129 cm³/mol. The number of aryl methyl sites for hydroxylation is 2. The van der Waals surface area contributed by atoms with Crippen LogP contribution in [-0.2, 0) is 14.3 Å². The second-order valence-corrected chi connectivity index (χ2v) is 9.25. The molecule has 2 fully saturated rings. The molecule has 1 atom stereocenters. The number of ketones is 1. The minimum atomic E-state index is -0.763. The van der Waals surface area contributed by atoms with Gasteiger partial charge in [0.1, 0.15) is 5.76 Å². The van der Waals surface area contributed by atoms with Gasteiger partial charge in [0, 0.05) is 31.7 Å². The molecule has 0 spiro atoms. The van der Waals surface area contributed by atoms with Crippen molar-refractivity contribution in [2.75, 3.05) is 39.4 Å². The summed E-state index contributed by atoms with van der Waals surface area (Å²) in [5.41, 5.74) is 2.97. The summed E-state index contributed by atoms with van der Waals surface area (Å²) in [7, 11) is 0. The maximum absolute atomic E-state index is 13.2. The molecule has 2 saturated heterocycles. The first-order valence-electron chi connectivity index (χ1n) is 10.9. The van der Waals surface area contributed by atoms with E-state index >= 15 is 0 Å². The summed E-state index contributed by atoms with van der Waals surface area (Å²) in [6.45, 7) is 7.51. The van der Waals surface area contributed by atoms with Crippen LogP contribution in [0.4, 0.5) is 0 Å². The van der Waals surface area contributed by atoms with Gasteiger partial charge in [-0.2, -0.15) is 0 Å². The van der Waals surface area contributed by atoms with Gasteiger partial charge in [0.05, 0.1) is 34.9 Å². The SMILES string of the molecule is Cc1ccc(C)c(/C(O)=C2\C(=O)C(=O)N(CCN3CCOCC3)C2c2ccc(Cl)c(Cl)c2)c1. The zero-order chi connectivity index (χ0) is 23.7. The molecule has 0 saturated carbocycles. The third kappa shape index (κ3) is 4.80. The highest BCUT2D eigenvalue weighted by molar-refractivity contribution is 6.47. The Kier molecular flexibility index (Phi) is 7.10. The van der Waals surface area contributed by atoms with Gasteiger partial charge in [-0.3, -0.25) is 14.5 Å². The molecule has 0 aliphatic carbocycles. The van der Waals surface area contributed by atoms with Gasteiger partial charge in [-0.15, -0.1) is 0 Å². The lowest BCUT2D eigenvalue weighted by atomic mass is 9.93. The fourth-order valence-electron chi connectivity index (χ4n) is 4.35. The van der Waals surface area contributed by atoms with Crippen molar-refractivity contribution in [2.24, 2.45) is 0 Å². The molecule has 2 aliphatic rings. The van der Waals surface area contributed by atoms with E-state index in [1.54, 1.807) is 18.2 Å². The quantitative estimate of drug-likeness (QED) is 0.384. The Morgan fingerprint density at radius 2 is 1.76 bits per heavy atom. The van der Waals surface area contributed by atoms with E-state index in [2.05, 4.69) is 4.90 Å². The average molecular weight is 489 g/mol. The lowest BCUT2D eigenvalue weighted by molar-refractivity contribution is -0.140. The number of benzene rings is 2. The van der Waals surface area contributed by atoms with Crippen molar-refractivity contribution in [3.8, 4) is 0 Å². The number of carbonyl (C=O) groups is 2. The van der Waals surface area contributed by atoms with E-state index in [1.807, 2.05) is 32.0 Å². The zero-order valence-electron chi connectivity index (χ0n) is 18.6. The minimum Gasteiger partial charge on any atom is -0.507 e. The van der Waals surface area contributed by atoms with E-state index in [-0.39, 0.29) is 11.3 Å². The van der Waals surface area contributed by atoms with Crippen molar-refractivity contribution < 1.29 is 19.4 Å². The number of amides is 1. The number of aliphatic hydroxyl groups excluding tert-OH is 1. The smallest absolute Gasteiger partial charge is 0.295 e. The summed E-state index contributed by atoms with van der Waals surface area (Å²) in [5, 5.41) is 12.0. The number of ether oxygens (including phenoxy) is 1. The molecule has 2 heterocycles. The predicted octanol–water partition coefficient (Wildman–Crippen LogP) is 4.36. The first-order chi connectivity index (χ1) is 15.8. The Hall–Kier alpha value is -2.38. The maximum Gasteiger partial charge on any atom is 0.295 e. The molecule has 0 aromatic heterocycles. The summed E-state index contributed by atoms with van der Waals surface area (Å²) in [6, 6.07) is 9.90. The number of morpholine rings is 1. The molecule has 174 valence electrons. The molecule has 1 N–H and O–H groups in total. The first kappa shape index (κ1) is 23.8.